The van der Waals surface area contributed by atoms with Gasteiger partial charge in [-0.05, 0) is 5.56 Å². The molecule has 0 atom stereocenters. The Morgan fingerprint density at radius 3 is 2.70 bits per heavy atom. The molecule has 0 saturated heterocycles. The molecule has 2 amide bonds. The van der Waals surface area contributed by atoms with Crippen LogP contribution in [0, 0.1) is 0 Å². The summed E-state index contributed by atoms with van der Waals surface area (Å²) in [5.41, 5.74) is 1.23. The van der Waals surface area contributed by atoms with Crippen molar-refractivity contribution in [1.82, 2.24) is 20.6 Å². The molecule has 0 aliphatic rings. The molecule has 0 saturated carbocycles. The largest absolute Gasteiger partial charge is 0.383 e. The monoisotopic (exact) mass is 408 g/mol. The lowest BCUT2D eigenvalue weighted by Gasteiger charge is -2.08. The first kappa shape index (κ1) is 21.1. The van der Waals surface area contributed by atoms with E-state index in [2.05, 4.69) is 20.6 Å². The molecule has 27 heavy (non-hydrogen) atoms. The molecule has 0 spiro atoms. The van der Waals surface area contributed by atoms with Gasteiger partial charge in [0.05, 0.1) is 17.8 Å². The number of nitrogens with one attached hydrogen (secondary N) is 2. The van der Waals surface area contributed by atoms with Crippen LogP contribution in [0.25, 0.3) is 0 Å². The van der Waals surface area contributed by atoms with Gasteiger partial charge in [0.1, 0.15) is 0 Å². The van der Waals surface area contributed by atoms with Crippen LogP contribution in [0.5, 0.6) is 0 Å². The zero-order chi connectivity index (χ0) is 19.5. The van der Waals surface area contributed by atoms with Crippen molar-refractivity contribution in [1.29, 1.82) is 0 Å². The maximum atomic E-state index is 12.3. The highest BCUT2D eigenvalue weighted by molar-refractivity contribution is 7.98. The molecular formula is C18H21ClN4O3S. The lowest BCUT2D eigenvalue weighted by molar-refractivity contribution is -0.121. The van der Waals surface area contributed by atoms with Crippen molar-refractivity contribution in [3.05, 3.63) is 52.8 Å². The number of aromatic nitrogens is 2. The van der Waals surface area contributed by atoms with E-state index >= 15 is 0 Å². The number of rotatable bonds is 10. The third-order valence-corrected chi connectivity index (χ3v) is 4.62. The molecule has 1 aromatic heterocycles. The minimum Gasteiger partial charge on any atom is -0.383 e. The predicted molar refractivity (Wildman–Crippen MR) is 105 cm³/mol. The van der Waals surface area contributed by atoms with Gasteiger partial charge in [-0.2, -0.15) is 0 Å². The van der Waals surface area contributed by atoms with Gasteiger partial charge >= 0.3 is 0 Å². The molecule has 2 N–H and O–H groups in total. The second-order valence-corrected chi connectivity index (χ2v) is 6.82. The van der Waals surface area contributed by atoms with Crippen LogP contribution < -0.4 is 10.6 Å². The Balaban J connectivity index is 1.85. The Kier molecular flexibility index (Phi) is 9.03. The quantitative estimate of drug-likeness (QED) is 0.356. The first-order chi connectivity index (χ1) is 13.1. The number of carbonyl (C=O) groups is 2. The first-order valence-electron chi connectivity index (χ1n) is 8.33. The van der Waals surface area contributed by atoms with Crippen LogP contribution in [0.1, 0.15) is 22.5 Å². The van der Waals surface area contributed by atoms with Crippen molar-refractivity contribution < 1.29 is 14.3 Å². The molecule has 0 aliphatic heterocycles. The number of hydrogen-bond donors (Lipinski definition) is 2. The Morgan fingerprint density at radius 1 is 1.19 bits per heavy atom. The zero-order valence-corrected chi connectivity index (χ0v) is 16.5. The second kappa shape index (κ2) is 11.5. The molecule has 0 aliphatic carbocycles. The minimum atomic E-state index is -0.436. The number of nitrogens with zero attached hydrogens (tertiary/aromatic N) is 2. The lowest BCUT2D eigenvalue weighted by atomic mass is 10.2. The van der Waals surface area contributed by atoms with E-state index in [9.17, 15) is 9.59 Å². The number of hydrogen-bond acceptors (Lipinski definition) is 6. The van der Waals surface area contributed by atoms with Gasteiger partial charge in [-0.3, -0.25) is 9.59 Å². The van der Waals surface area contributed by atoms with Crippen LogP contribution in [0.3, 0.4) is 0 Å². The third-order valence-electron chi connectivity index (χ3n) is 3.41. The van der Waals surface area contributed by atoms with Crippen molar-refractivity contribution in [3.63, 3.8) is 0 Å². The highest BCUT2D eigenvalue weighted by Crippen LogP contribution is 2.21. The summed E-state index contributed by atoms with van der Waals surface area (Å²) < 4.78 is 4.85. The fourth-order valence-corrected chi connectivity index (χ4v) is 3.00. The van der Waals surface area contributed by atoms with Crippen molar-refractivity contribution >= 4 is 35.2 Å². The van der Waals surface area contributed by atoms with Gasteiger partial charge in [0.15, 0.2) is 10.9 Å². The van der Waals surface area contributed by atoms with Gasteiger partial charge in [-0.15, -0.1) is 0 Å². The van der Waals surface area contributed by atoms with Gasteiger partial charge < -0.3 is 15.4 Å². The van der Waals surface area contributed by atoms with E-state index < -0.39 is 5.91 Å². The van der Waals surface area contributed by atoms with Crippen LogP contribution >= 0.6 is 23.4 Å². The maximum Gasteiger partial charge on any atom is 0.271 e. The van der Waals surface area contributed by atoms with Gasteiger partial charge in [0.2, 0.25) is 5.91 Å². The summed E-state index contributed by atoms with van der Waals surface area (Å²) in [5.74, 6) is 0.0828. The van der Waals surface area contributed by atoms with E-state index in [1.807, 2.05) is 30.3 Å². The minimum absolute atomic E-state index is 0.0991. The SMILES string of the molecule is COCCNC(=O)CCNC(=O)c1nc(SCc2ccccc2)ncc1Cl. The van der Waals surface area contributed by atoms with Crippen molar-refractivity contribution in [2.24, 2.45) is 0 Å². The molecule has 0 radical (unpaired) electrons. The van der Waals surface area contributed by atoms with Crippen LogP contribution in [0.15, 0.2) is 41.7 Å². The second-order valence-electron chi connectivity index (χ2n) is 5.47. The highest BCUT2D eigenvalue weighted by atomic mass is 35.5. The van der Waals surface area contributed by atoms with Crippen LogP contribution in [0.2, 0.25) is 5.02 Å². The molecule has 7 nitrogen and oxygen atoms in total. The summed E-state index contributed by atoms with van der Waals surface area (Å²) >= 11 is 7.46. The molecule has 2 aromatic rings. The first-order valence-corrected chi connectivity index (χ1v) is 9.69. The summed E-state index contributed by atoms with van der Waals surface area (Å²) in [6.07, 6.45) is 1.57. The van der Waals surface area contributed by atoms with Crippen LogP contribution in [0.4, 0.5) is 0 Å². The van der Waals surface area contributed by atoms with E-state index in [-0.39, 0.29) is 29.6 Å². The summed E-state index contributed by atoms with van der Waals surface area (Å²) in [6, 6.07) is 9.89. The topological polar surface area (TPSA) is 93.2 Å². The summed E-state index contributed by atoms with van der Waals surface area (Å²) in [4.78, 5) is 32.3. The van der Waals surface area contributed by atoms with Crippen LogP contribution in [-0.4, -0.2) is 48.6 Å². The fourth-order valence-electron chi connectivity index (χ4n) is 2.06. The maximum absolute atomic E-state index is 12.3. The number of methoxy groups -OCH3 is 1. The Labute approximate surface area is 167 Å². The van der Waals surface area contributed by atoms with Crippen molar-refractivity contribution in [2.75, 3.05) is 26.8 Å². The van der Waals surface area contributed by atoms with Gasteiger partial charge in [0, 0.05) is 32.4 Å². The van der Waals surface area contributed by atoms with Gasteiger partial charge in [-0.25, -0.2) is 9.97 Å². The molecule has 0 bridgehead atoms. The standard InChI is InChI=1S/C18H21ClN4O3S/c1-26-10-9-20-15(24)7-8-21-17(25)16-14(19)11-22-18(23-16)27-12-13-5-3-2-4-6-13/h2-6,11H,7-10,12H2,1H3,(H,20,24)(H,21,25). The average Bonchev–Trinajstić information content (AvgIpc) is 2.68. The number of benzene rings is 1. The van der Waals surface area contributed by atoms with E-state index in [1.54, 1.807) is 7.11 Å². The van der Waals surface area contributed by atoms with Crippen LogP contribution in [-0.2, 0) is 15.3 Å². The molecule has 1 heterocycles. The lowest BCUT2D eigenvalue weighted by Crippen LogP contribution is -2.32. The number of ether oxygens (including phenoxy) is 1. The van der Waals surface area contributed by atoms with E-state index in [1.165, 1.54) is 18.0 Å². The van der Waals surface area contributed by atoms with Gasteiger partial charge in [-0.1, -0.05) is 53.7 Å². The Bertz CT molecular complexity index is 762. The zero-order valence-electron chi connectivity index (χ0n) is 14.9. The summed E-state index contributed by atoms with van der Waals surface area (Å²) in [7, 11) is 1.56. The summed E-state index contributed by atoms with van der Waals surface area (Å²) in [6.45, 7) is 1.06. The molecule has 1 aromatic carbocycles. The van der Waals surface area contributed by atoms with Crippen molar-refractivity contribution in [2.45, 2.75) is 17.3 Å². The smallest absolute Gasteiger partial charge is 0.271 e. The van der Waals surface area contributed by atoms with E-state index in [0.29, 0.717) is 24.1 Å². The highest BCUT2D eigenvalue weighted by Gasteiger charge is 2.14. The number of thioether (sulfide) groups is 1. The van der Waals surface area contributed by atoms with E-state index in [0.717, 1.165) is 5.56 Å². The molecule has 0 unspecified atom stereocenters. The van der Waals surface area contributed by atoms with Gasteiger partial charge in [0.25, 0.3) is 5.91 Å². The fraction of sp³-hybridized carbons (Fsp3) is 0.333. The van der Waals surface area contributed by atoms with Crippen molar-refractivity contribution in [3.8, 4) is 0 Å². The molecular weight excluding hydrogens is 388 g/mol. The molecule has 144 valence electrons. The molecule has 0 fully saturated rings. The third kappa shape index (κ3) is 7.54. The average molecular weight is 409 g/mol. The number of amides is 2. The summed E-state index contributed by atoms with van der Waals surface area (Å²) in [5, 5.41) is 5.96. The number of carbonyl (C=O) groups excluding carboxylic acids is 2. The molecule has 9 heteroatoms. The Morgan fingerprint density at radius 2 is 1.96 bits per heavy atom. The normalized spacial score (nSPS) is 10.4. The molecule has 2 rings (SSSR count). The van der Waals surface area contributed by atoms with E-state index in [4.69, 9.17) is 16.3 Å². The Hall–Kier alpha value is -2.16. The number of halogens is 1. The predicted octanol–water partition coefficient (Wildman–Crippen LogP) is 2.30.